The van der Waals surface area contributed by atoms with Crippen LogP contribution in [0.3, 0.4) is 0 Å². The molecule has 1 atom stereocenters. The molecule has 1 aliphatic rings. The number of pyridine rings is 2. The lowest BCUT2D eigenvalue weighted by Gasteiger charge is -2.32. The van der Waals surface area contributed by atoms with Gasteiger partial charge in [0.1, 0.15) is 0 Å². The second-order valence-corrected chi connectivity index (χ2v) is 6.21. The van der Waals surface area contributed by atoms with Crippen molar-refractivity contribution in [2.24, 2.45) is 7.05 Å². The molecule has 0 radical (unpaired) electrons. The van der Waals surface area contributed by atoms with E-state index in [9.17, 15) is 4.79 Å². The molecule has 3 aromatic rings. The van der Waals surface area contributed by atoms with Gasteiger partial charge in [-0.2, -0.15) is 5.10 Å². The lowest BCUT2D eigenvalue weighted by Crippen LogP contribution is -2.39. The number of amides is 1. The molecule has 122 valence electrons. The average molecular weight is 321 g/mol. The van der Waals surface area contributed by atoms with E-state index in [1.165, 1.54) is 0 Å². The van der Waals surface area contributed by atoms with Gasteiger partial charge in [-0.3, -0.25) is 14.5 Å². The van der Waals surface area contributed by atoms with Gasteiger partial charge in [-0.1, -0.05) is 0 Å². The van der Waals surface area contributed by atoms with Crippen molar-refractivity contribution in [2.45, 2.75) is 18.8 Å². The van der Waals surface area contributed by atoms with E-state index in [1.807, 2.05) is 22.7 Å². The van der Waals surface area contributed by atoms with Gasteiger partial charge in [-0.05, 0) is 37.1 Å². The van der Waals surface area contributed by atoms with Crippen molar-refractivity contribution >= 4 is 16.9 Å². The van der Waals surface area contributed by atoms with Crippen LogP contribution in [0.5, 0.6) is 0 Å². The van der Waals surface area contributed by atoms with Crippen LogP contribution in [-0.4, -0.2) is 43.6 Å². The molecule has 6 nitrogen and oxygen atoms in total. The van der Waals surface area contributed by atoms with Crippen LogP contribution < -0.4 is 0 Å². The number of aromatic nitrogens is 4. The standard InChI is InChI=1S/C18H19N5O/c1-22-17-15(5-2-8-20-17)16(21-22)14-4-3-11-23(12-14)18(24)13-6-9-19-10-7-13/h2,5-10,14H,3-4,11-12H2,1H3/t14-/m1/s1. The van der Waals surface area contributed by atoms with Crippen molar-refractivity contribution in [1.82, 2.24) is 24.6 Å². The van der Waals surface area contributed by atoms with Crippen molar-refractivity contribution in [2.75, 3.05) is 13.1 Å². The molecule has 4 rings (SSSR count). The van der Waals surface area contributed by atoms with Gasteiger partial charge in [-0.15, -0.1) is 0 Å². The summed E-state index contributed by atoms with van der Waals surface area (Å²) in [6.45, 7) is 1.49. The fraction of sp³-hybridized carbons (Fsp3) is 0.333. The van der Waals surface area contributed by atoms with Crippen LogP contribution in [0.15, 0.2) is 42.9 Å². The van der Waals surface area contributed by atoms with Gasteiger partial charge < -0.3 is 4.90 Å². The van der Waals surface area contributed by atoms with Crippen LogP contribution >= 0.6 is 0 Å². The molecule has 1 aliphatic heterocycles. The Balaban J connectivity index is 1.62. The summed E-state index contributed by atoms with van der Waals surface area (Å²) >= 11 is 0. The van der Waals surface area contributed by atoms with E-state index in [1.54, 1.807) is 30.7 Å². The van der Waals surface area contributed by atoms with E-state index in [0.717, 1.165) is 36.1 Å². The molecule has 0 bridgehead atoms. The van der Waals surface area contributed by atoms with Crippen LogP contribution in [0.25, 0.3) is 11.0 Å². The number of nitrogens with zero attached hydrogens (tertiary/aromatic N) is 5. The topological polar surface area (TPSA) is 63.9 Å². The zero-order valence-corrected chi connectivity index (χ0v) is 13.6. The van der Waals surface area contributed by atoms with Crippen LogP contribution in [0.4, 0.5) is 0 Å². The highest BCUT2D eigenvalue weighted by molar-refractivity contribution is 5.94. The largest absolute Gasteiger partial charge is 0.338 e. The summed E-state index contributed by atoms with van der Waals surface area (Å²) in [6.07, 6.45) is 7.13. The third kappa shape index (κ3) is 2.54. The lowest BCUT2D eigenvalue weighted by atomic mass is 9.93. The lowest BCUT2D eigenvalue weighted by molar-refractivity contribution is 0.0706. The molecular weight excluding hydrogens is 302 g/mol. The number of carbonyl (C=O) groups is 1. The van der Waals surface area contributed by atoms with Gasteiger partial charge in [0, 0.05) is 55.6 Å². The van der Waals surface area contributed by atoms with Gasteiger partial charge in [-0.25, -0.2) is 4.98 Å². The summed E-state index contributed by atoms with van der Waals surface area (Å²) < 4.78 is 1.83. The van der Waals surface area contributed by atoms with Crippen molar-refractivity contribution in [1.29, 1.82) is 0 Å². The summed E-state index contributed by atoms with van der Waals surface area (Å²) in [5.74, 6) is 0.317. The fourth-order valence-electron chi connectivity index (χ4n) is 3.48. The molecule has 24 heavy (non-hydrogen) atoms. The smallest absolute Gasteiger partial charge is 0.253 e. The summed E-state index contributed by atoms with van der Waals surface area (Å²) in [7, 11) is 1.92. The van der Waals surface area contributed by atoms with E-state index < -0.39 is 0 Å². The second-order valence-electron chi connectivity index (χ2n) is 6.21. The number of piperidine rings is 1. The Bertz CT molecular complexity index is 874. The third-order valence-corrected chi connectivity index (χ3v) is 4.65. The second kappa shape index (κ2) is 6.03. The highest BCUT2D eigenvalue weighted by Gasteiger charge is 2.28. The third-order valence-electron chi connectivity index (χ3n) is 4.65. The van der Waals surface area contributed by atoms with Crippen molar-refractivity contribution < 1.29 is 4.79 Å². The molecule has 0 unspecified atom stereocenters. The van der Waals surface area contributed by atoms with Gasteiger partial charge in [0.15, 0.2) is 5.65 Å². The van der Waals surface area contributed by atoms with E-state index in [0.29, 0.717) is 12.1 Å². The van der Waals surface area contributed by atoms with E-state index in [4.69, 9.17) is 0 Å². The van der Waals surface area contributed by atoms with Gasteiger partial charge in [0.2, 0.25) is 0 Å². The zero-order chi connectivity index (χ0) is 16.5. The number of hydrogen-bond acceptors (Lipinski definition) is 4. The number of fused-ring (bicyclic) bond motifs is 1. The molecular formula is C18H19N5O. The Morgan fingerprint density at radius 3 is 2.88 bits per heavy atom. The molecule has 1 amide bonds. The normalized spacial score (nSPS) is 18.0. The molecule has 0 spiro atoms. The maximum absolute atomic E-state index is 12.7. The van der Waals surface area contributed by atoms with Crippen LogP contribution in [0.1, 0.15) is 34.8 Å². The van der Waals surface area contributed by atoms with E-state index in [-0.39, 0.29) is 11.8 Å². The monoisotopic (exact) mass is 321 g/mol. The minimum absolute atomic E-state index is 0.0699. The minimum Gasteiger partial charge on any atom is -0.338 e. The molecule has 0 saturated carbocycles. The molecule has 6 heteroatoms. The van der Waals surface area contributed by atoms with Crippen molar-refractivity contribution in [3.8, 4) is 0 Å². The summed E-state index contributed by atoms with van der Waals surface area (Å²) in [4.78, 5) is 23.0. The molecule has 0 N–H and O–H groups in total. The van der Waals surface area contributed by atoms with Gasteiger partial charge in [0.25, 0.3) is 5.91 Å². The first-order valence-corrected chi connectivity index (χ1v) is 8.21. The summed E-state index contributed by atoms with van der Waals surface area (Å²) in [5.41, 5.74) is 2.64. The van der Waals surface area contributed by atoms with E-state index in [2.05, 4.69) is 21.1 Å². The Morgan fingerprint density at radius 1 is 1.21 bits per heavy atom. The van der Waals surface area contributed by atoms with Crippen LogP contribution in [0, 0.1) is 0 Å². The number of hydrogen-bond donors (Lipinski definition) is 0. The average Bonchev–Trinajstić information content (AvgIpc) is 2.99. The zero-order valence-electron chi connectivity index (χ0n) is 13.6. The number of aryl methyl sites for hydroxylation is 1. The Kier molecular flexibility index (Phi) is 3.72. The molecule has 0 aliphatic carbocycles. The molecule has 1 saturated heterocycles. The highest BCUT2D eigenvalue weighted by Crippen LogP contribution is 2.31. The maximum atomic E-state index is 12.7. The summed E-state index contributed by atoms with van der Waals surface area (Å²) in [5, 5.41) is 5.77. The molecule has 1 fully saturated rings. The Hall–Kier alpha value is -2.76. The van der Waals surface area contributed by atoms with Gasteiger partial charge in [0.05, 0.1) is 5.69 Å². The first-order valence-electron chi connectivity index (χ1n) is 8.21. The van der Waals surface area contributed by atoms with E-state index >= 15 is 0 Å². The molecule has 4 heterocycles. The SMILES string of the molecule is Cn1nc([C@@H]2CCCN(C(=O)c3ccncc3)C2)c2cccnc21. The Labute approximate surface area is 140 Å². The minimum atomic E-state index is 0.0699. The number of likely N-dealkylation sites (tertiary alicyclic amines) is 1. The van der Waals surface area contributed by atoms with Gasteiger partial charge >= 0.3 is 0 Å². The van der Waals surface area contributed by atoms with Crippen LogP contribution in [0.2, 0.25) is 0 Å². The van der Waals surface area contributed by atoms with Crippen molar-refractivity contribution in [3.63, 3.8) is 0 Å². The first kappa shape index (κ1) is 14.8. The van der Waals surface area contributed by atoms with Crippen LogP contribution in [-0.2, 0) is 7.05 Å². The fourth-order valence-corrected chi connectivity index (χ4v) is 3.48. The van der Waals surface area contributed by atoms with Crippen molar-refractivity contribution in [3.05, 3.63) is 54.1 Å². The molecule has 0 aromatic carbocycles. The predicted octanol–water partition coefficient (Wildman–Crippen LogP) is 2.38. The first-order chi connectivity index (χ1) is 11.7. The number of carbonyl (C=O) groups excluding carboxylic acids is 1. The molecule has 3 aromatic heterocycles. The summed E-state index contributed by atoms with van der Waals surface area (Å²) in [6, 6.07) is 7.54. The maximum Gasteiger partial charge on any atom is 0.253 e. The predicted molar refractivity (Wildman–Crippen MR) is 90.6 cm³/mol. The highest BCUT2D eigenvalue weighted by atomic mass is 16.2. The quantitative estimate of drug-likeness (QED) is 0.727. The Morgan fingerprint density at radius 2 is 2.04 bits per heavy atom. The number of rotatable bonds is 2.